The molecule has 3 rings (SSSR count). The number of nitrogens with zero attached hydrogens (tertiary/aromatic N) is 2. The molecule has 0 amide bonds. The lowest BCUT2D eigenvalue weighted by atomic mass is 10.1. The van der Waals surface area contributed by atoms with Gasteiger partial charge in [0.1, 0.15) is 0 Å². The summed E-state index contributed by atoms with van der Waals surface area (Å²) in [6, 6.07) is 2.17. The van der Waals surface area contributed by atoms with Gasteiger partial charge in [-0.25, -0.2) is 4.68 Å². The van der Waals surface area contributed by atoms with Gasteiger partial charge in [-0.3, -0.25) is 4.79 Å². The third-order valence-corrected chi connectivity index (χ3v) is 3.75. The van der Waals surface area contributed by atoms with Crippen LogP contribution in [0.4, 0.5) is 5.69 Å². The highest BCUT2D eigenvalue weighted by Crippen LogP contribution is 2.29. The summed E-state index contributed by atoms with van der Waals surface area (Å²) in [5.41, 5.74) is 0.706. The zero-order valence-corrected chi connectivity index (χ0v) is 11.6. The zero-order valence-electron chi connectivity index (χ0n) is 11.6. The molecule has 1 N–H and O–H groups in total. The fourth-order valence-corrected chi connectivity index (χ4v) is 2.51. The fourth-order valence-electron chi connectivity index (χ4n) is 2.51. The maximum Gasteiger partial charge on any atom is 0.268 e. The van der Waals surface area contributed by atoms with Crippen LogP contribution < -0.4 is 10.9 Å². The summed E-state index contributed by atoms with van der Waals surface area (Å²) in [5.74, 6) is 0. The summed E-state index contributed by atoms with van der Waals surface area (Å²) in [5, 5.41) is 7.52. The van der Waals surface area contributed by atoms with E-state index in [-0.39, 0.29) is 17.3 Å². The first-order valence-corrected chi connectivity index (χ1v) is 7.03. The van der Waals surface area contributed by atoms with Crippen LogP contribution in [0.3, 0.4) is 0 Å². The van der Waals surface area contributed by atoms with Gasteiger partial charge in [-0.1, -0.05) is 0 Å². The molecule has 0 radical (unpaired) electrons. The molecule has 1 aliphatic carbocycles. The molecule has 5 nitrogen and oxygen atoms in total. The van der Waals surface area contributed by atoms with Gasteiger partial charge in [-0.2, -0.15) is 5.10 Å². The Hall–Kier alpha value is -1.36. The summed E-state index contributed by atoms with van der Waals surface area (Å²) in [7, 11) is 0. The number of nitrogens with one attached hydrogen (secondary N) is 1. The quantitative estimate of drug-likeness (QED) is 0.899. The van der Waals surface area contributed by atoms with Crippen LogP contribution in [0, 0.1) is 0 Å². The Labute approximate surface area is 113 Å². The monoisotopic (exact) mass is 263 g/mol. The third kappa shape index (κ3) is 3.15. The van der Waals surface area contributed by atoms with Crippen LogP contribution in [-0.2, 0) is 11.3 Å². The van der Waals surface area contributed by atoms with Gasteiger partial charge >= 0.3 is 0 Å². The van der Waals surface area contributed by atoms with Crippen molar-refractivity contribution in [3.63, 3.8) is 0 Å². The Balaban J connectivity index is 1.66. The second kappa shape index (κ2) is 4.63. The second-order valence-corrected chi connectivity index (χ2v) is 6.22. The molecule has 1 aliphatic heterocycles. The van der Waals surface area contributed by atoms with E-state index in [0.717, 1.165) is 18.5 Å². The van der Waals surface area contributed by atoms with E-state index in [9.17, 15) is 4.79 Å². The minimum absolute atomic E-state index is 0.0565. The largest absolute Gasteiger partial charge is 0.381 e. The molecule has 104 valence electrons. The normalized spacial score (nSPS) is 25.5. The Morgan fingerprint density at radius 1 is 1.47 bits per heavy atom. The molecule has 1 saturated carbocycles. The van der Waals surface area contributed by atoms with Crippen molar-refractivity contribution in [2.24, 2.45) is 0 Å². The summed E-state index contributed by atoms with van der Waals surface area (Å²) in [6.07, 6.45) is 6.24. The molecule has 2 aliphatic rings. The van der Waals surface area contributed by atoms with Gasteiger partial charge in [0.25, 0.3) is 5.56 Å². The van der Waals surface area contributed by atoms with Gasteiger partial charge in [0.2, 0.25) is 0 Å². The molecule has 2 heterocycles. The number of aromatic nitrogens is 2. The van der Waals surface area contributed by atoms with Gasteiger partial charge in [-0.05, 0) is 39.5 Å². The third-order valence-electron chi connectivity index (χ3n) is 3.75. The van der Waals surface area contributed by atoms with Crippen molar-refractivity contribution in [2.45, 2.75) is 63.8 Å². The Kier molecular flexibility index (Phi) is 3.09. The van der Waals surface area contributed by atoms with E-state index in [2.05, 4.69) is 24.3 Å². The van der Waals surface area contributed by atoms with E-state index in [0.29, 0.717) is 12.6 Å². The van der Waals surface area contributed by atoms with Crippen LogP contribution in [-0.4, -0.2) is 27.5 Å². The highest BCUT2D eigenvalue weighted by Gasteiger charge is 2.32. The van der Waals surface area contributed by atoms with Gasteiger partial charge in [-0.15, -0.1) is 0 Å². The minimum Gasteiger partial charge on any atom is -0.381 e. The van der Waals surface area contributed by atoms with Gasteiger partial charge in [0, 0.05) is 12.1 Å². The average Bonchev–Trinajstić information content (AvgIpc) is 3.07. The van der Waals surface area contributed by atoms with Crippen LogP contribution in [0.25, 0.3) is 0 Å². The number of ether oxygens (including phenoxy) is 1. The first kappa shape index (κ1) is 12.7. The van der Waals surface area contributed by atoms with E-state index in [1.54, 1.807) is 12.3 Å². The summed E-state index contributed by atoms with van der Waals surface area (Å²) >= 11 is 0. The molecule has 1 atom stereocenters. The van der Waals surface area contributed by atoms with Crippen LogP contribution >= 0.6 is 0 Å². The highest BCUT2D eigenvalue weighted by molar-refractivity contribution is 5.41. The van der Waals surface area contributed by atoms with E-state index < -0.39 is 0 Å². The predicted octanol–water partition coefficient (Wildman–Crippen LogP) is 1.78. The lowest BCUT2D eigenvalue weighted by molar-refractivity contribution is -0.0235. The molecule has 1 aromatic rings. The molecular formula is C14H21N3O2. The molecule has 19 heavy (non-hydrogen) atoms. The van der Waals surface area contributed by atoms with Gasteiger partial charge in [0.05, 0.1) is 30.1 Å². The molecule has 2 fully saturated rings. The Morgan fingerprint density at radius 3 is 2.84 bits per heavy atom. The Bertz CT molecular complexity index is 520. The van der Waals surface area contributed by atoms with Crippen molar-refractivity contribution in [1.82, 2.24) is 9.78 Å². The van der Waals surface area contributed by atoms with E-state index in [4.69, 9.17) is 4.74 Å². The van der Waals surface area contributed by atoms with Gasteiger partial charge in [0.15, 0.2) is 0 Å². The molecule has 0 bridgehead atoms. The molecule has 0 aromatic carbocycles. The van der Waals surface area contributed by atoms with Crippen molar-refractivity contribution in [3.8, 4) is 0 Å². The maximum absolute atomic E-state index is 12.0. The van der Waals surface area contributed by atoms with E-state index >= 15 is 0 Å². The molecule has 0 spiro atoms. The number of hydrogen-bond donors (Lipinski definition) is 1. The van der Waals surface area contributed by atoms with Crippen molar-refractivity contribution >= 4 is 5.69 Å². The molecule has 5 heteroatoms. The fraction of sp³-hybridized carbons (Fsp3) is 0.714. The summed E-state index contributed by atoms with van der Waals surface area (Å²) in [4.78, 5) is 12.0. The SMILES string of the molecule is CC1(C)CCC(Cn2ncc(NC3CC3)cc2=O)O1. The Morgan fingerprint density at radius 2 is 2.26 bits per heavy atom. The standard InChI is InChI=1S/C14H21N3O2/c1-14(2)6-5-12(19-14)9-17-13(18)7-11(8-15-17)16-10-3-4-10/h7-8,10,12,16H,3-6,9H2,1-2H3. The predicted molar refractivity (Wildman–Crippen MR) is 73.3 cm³/mol. The molecular weight excluding hydrogens is 242 g/mol. The van der Waals surface area contributed by atoms with Crippen molar-refractivity contribution in [1.29, 1.82) is 0 Å². The van der Waals surface area contributed by atoms with Crippen LogP contribution in [0.5, 0.6) is 0 Å². The lowest BCUT2D eigenvalue weighted by Crippen LogP contribution is -2.30. The summed E-state index contributed by atoms with van der Waals surface area (Å²) < 4.78 is 7.40. The smallest absolute Gasteiger partial charge is 0.268 e. The van der Waals surface area contributed by atoms with E-state index in [1.807, 2.05) is 0 Å². The molecule has 1 unspecified atom stereocenters. The van der Waals surface area contributed by atoms with Crippen LogP contribution in [0.15, 0.2) is 17.1 Å². The van der Waals surface area contributed by atoms with Crippen molar-refractivity contribution in [3.05, 3.63) is 22.6 Å². The first-order chi connectivity index (χ1) is 9.02. The lowest BCUT2D eigenvalue weighted by Gasteiger charge is -2.19. The topological polar surface area (TPSA) is 56.2 Å². The molecule has 1 saturated heterocycles. The van der Waals surface area contributed by atoms with Crippen molar-refractivity contribution in [2.75, 3.05) is 5.32 Å². The number of hydrogen-bond acceptors (Lipinski definition) is 4. The van der Waals surface area contributed by atoms with Gasteiger partial charge < -0.3 is 10.1 Å². The number of rotatable bonds is 4. The summed E-state index contributed by atoms with van der Waals surface area (Å²) in [6.45, 7) is 4.73. The van der Waals surface area contributed by atoms with Crippen LogP contribution in [0.1, 0.15) is 39.5 Å². The minimum atomic E-state index is -0.0677. The zero-order chi connectivity index (χ0) is 13.5. The highest BCUT2D eigenvalue weighted by atomic mass is 16.5. The van der Waals surface area contributed by atoms with E-state index in [1.165, 1.54) is 17.5 Å². The first-order valence-electron chi connectivity index (χ1n) is 7.03. The second-order valence-electron chi connectivity index (χ2n) is 6.22. The van der Waals surface area contributed by atoms with Crippen molar-refractivity contribution < 1.29 is 4.74 Å². The molecule has 1 aromatic heterocycles. The maximum atomic E-state index is 12.0. The number of anilines is 1. The van der Waals surface area contributed by atoms with Crippen LogP contribution in [0.2, 0.25) is 0 Å². The average molecular weight is 263 g/mol.